The Labute approximate surface area is 171 Å². The number of hydrogen-bond donors (Lipinski definition) is 1. The Bertz CT molecular complexity index is 1080. The van der Waals surface area contributed by atoms with E-state index in [1.165, 1.54) is 18.3 Å². The number of carbonyl (C=O) groups is 2. The number of fused-ring (bicyclic) bond motifs is 1. The van der Waals surface area contributed by atoms with Crippen LogP contribution in [0, 0.1) is 0 Å². The smallest absolute Gasteiger partial charge is 0.266 e. The van der Waals surface area contributed by atoms with Crippen molar-refractivity contribution in [3.05, 3.63) is 53.4 Å². The first-order chi connectivity index (χ1) is 14.0. The molecule has 0 saturated heterocycles. The molecule has 29 heavy (non-hydrogen) atoms. The molecule has 0 saturated carbocycles. The number of Topliss-reactive ketones (excluding diaryl/α,β-unsaturated/α-hetero) is 1. The molecule has 1 aliphatic heterocycles. The van der Waals surface area contributed by atoms with E-state index >= 15 is 0 Å². The van der Waals surface area contributed by atoms with Gasteiger partial charge in [0.25, 0.3) is 5.91 Å². The molecule has 1 N–H and O–H groups in total. The zero-order chi connectivity index (χ0) is 20.4. The number of aromatic nitrogens is 1. The highest BCUT2D eigenvalue weighted by Crippen LogP contribution is 2.36. The van der Waals surface area contributed by atoms with Crippen LogP contribution in [0.1, 0.15) is 24.2 Å². The highest BCUT2D eigenvalue weighted by molar-refractivity contribution is 7.14. The molecule has 1 amide bonds. The summed E-state index contributed by atoms with van der Waals surface area (Å²) in [6.45, 7) is 3.34. The summed E-state index contributed by atoms with van der Waals surface area (Å²) in [7, 11) is 0. The van der Waals surface area contributed by atoms with Crippen LogP contribution in [0.5, 0.6) is 17.2 Å². The van der Waals surface area contributed by atoms with Crippen LogP contribution >= 0.6 is 11.3 Å². The van der Waals surface area contributed by atoms with E-state index in [4.69, 9.17) is 14.2 Å². The average Bonchev–Trinajstić information content (AvgIpc) is 3.36. The van der Waals surface area contributed by atoms with E-state index in [2.05, 4.69) is 10.3 Å². The van der Waals surface area contributed by atoms with Gasteiger partial charge in [-0.1, -0.05) is 12.1 Å². The third-order valence-corrected chi connectivity index (χ3v) is 5.08. The Balaban J connectivity index is 1.41. The maximum atomic E-state index is 12.5. The van der Waals surface area contributed by atoms with Gasteiger partial charge in [0.05, 0.1) is 5.69 Å². The van der Waals surface area contributed by atoms with E-state index in [-0.39, 0.29) is 18.5 Å². The summed E-state index contributed by atoms with van der Waals surface area (Å²) >= 11 is 1.32. The Morgan fingerprint density at radius 1 is 1.17 bits per heavy atom. The maximum Gasteiger partial charge on any atom is 0.266 e. The minimum atomic E-state index is -0.755. The second-order valence-corrected chi connectivity index (χ2v) is 7.30. The number of rotatable bonds is 6. The molecule has 0 bridgehead atoms. The van der Waals surface area contributed by atoms with E-state index in [0.29, 0.717) is 27.9 Å². The zero-order valence-electron chi connectivity index (χ0n) is 15.8. The molecule has 148 valence electrons. The molecule has 0 spiro atoms. The molecule has 1 unspecified atom stereocenters. The summed E-state index contributed by atoms with van der Waals surface area (Å²) in [6.07, 6.45) is -0.755. The zero-order valence-corrected chi connectivity index (χ0v) is 16.6. The summed E-state index contributed by atoms with van der Waals surface area (Å²) in [6, 6.07) is 12.3. The van der Waals surface area contributed by atoms with Crippen molar-refractivity contribution in [2.24, 2.45) is 0 Å². The van der Waals surface area contributed by atoms with Gasteiger partial charge in [0.2, 0.25) is 6.79 Å². The summed E-state index contributed by atoms with van der Waals surface area (Å²) < 4.78 is 16.4. The average molecular weight is 410 g/mol. The third-order valence-electron chi connectivity index (χ3n) is 4.33. The molecule has 1 aliphatic rings. The van der Waals surface area contributed by atoms with Gasteiger partial charge >= 0.3 is 0 Å². The Kier molecular flexibility index (Phi) is 5.18. The Hall–Kier alpha value is -3.39. The first kappa shape index (κ1) is 18.9. The van der Waals surface area contributed by atoms with Crippen LogP contribution in [0.25, 0.3) is 11.3 Å². The van der Waals surface area contributed by atoms with Crippen LogP contribution in [-0.2, 0) is 4.79 Å². The molecule has 2 aromatic carbocycles. The number of anilines is 1. The van der Waals surface area contributed by atoms with Crippen LogP contribution in [0.15, 0.2) is 47.8 Å². The molecule has 3 aromatic rings. The predicted molar refractivity (Wildman–Crippen MR) is 109 cm³/mol. The number of ketones is 1. The molecule has 7 nitrogen and oxygen atoms in total. The number of amides is 1. The molecule has 0 radical (unpaired) electrons. The van der Waals surface area contributed by atoms with Crippen molar-refractivity contribution in [3.8, 4) is 28.5 Å². The monoisotopic (exact) mass is 410 g/mol. The van der Waals surface area contributed by atoms with Crippen LogP contribution < -0.4 is 19.5 Å². The fourth-order valence-corrected chi connectivity index (χ4v) is 3.50. The molecule has 8 heteroatoms. The lowest BCUT2D eigenvalue weighted by atomic mass is 10.1. The number of ether oxygens (including phenoxy) is 3. The summed E-state index contributed by atoms with van der Waals surface area (Å²) in [5.74, 6) is 1.45. The van der Waals surface area contributed by atoms with E-state index < -0.39 is 6.10 Å². The fraction of sp³-hybridized carbons (Fsp3) is 0.190. The van der Waals surface area contributed by atoms with Gasteiger partial charge in [0, 0.05) is 16.5 Å². The van der Waals surface area contributed by atoms with Gasteiger partial charge in [-0.05, 0) is 44.2 Å². The lowest BCUT2D eigenvalue weighted by Gasteiger charge is -2.14. The van der Waals surface area contributed by atoms with Crippen LogP contribution in [0.2, 0.25) is 0 Å². The summed E-state index contributed by atoms with van der Waals surface area (Å²) in [5.41, 5.74) is 2.13. The van der Waals surface area contributed by atoms with E-state index in [9.17, 15) is 9.59 Å². The second kappa shape index (κ2) is 7.92. The summed E-state index contributed by atoms with van der Waals surface area (Å²) in [5, 5.41) is 5.09. The van der Waals surface area contributed by atoms with Crippen molar-refractivity contribution in [3.63, 3.8) is 0 Å². The first-order valence-electron chi connectivity index (χ1n) is 8.93. The molecule has 1 atom stereocenters. The quantitative estimate of drug-likeness (QED) is 0.615. The second-order valence-electron chi connectivity index (χ2n) is 6.44. The SMILES string of the molecule is CC(=O)c1cccc(OC(C)C(=O)Nc2nc(-c3ccc4c(c3)OCO4)cs2)c1. The Morgan fingerprint density at radius 2 is 2.00 bits per heavy atom. The van der Waals surface area contributed by atoms with Gasteiger partial charge in [-0.3, -0.25) is 14.9 Å². The number of nitrogens with zero attached hydrogens (tertiary/aromatic N) is 1. The van der Waals surface area contributed by atoms with Crippen molar-refractivity contribution >= 4 is 28.2 Å². The van der Waals surface area contributed by atoms with Gasteiger partial charge in [-0.25, -0.2) is 4.98 Å². The van der Waals surface area contributed by atoms with Gasteiger partial charge in [0.1, 0.15) is 5.75 Å². The molecular weight excluding hydrogens is 392 g/mol. The first-order valence-corrected chi connectivity index (χ1v) is 9.81. The number of nitrogens with one attached hydrogen (secondary N) is 1. The molecule has 4 rings (SSSR count). The van der Waals surface area contributed by atoms with Crippen molar-refractivity contribution < 1.29 is 23.8 Å². The van der Waals surface area contributed by atoms with Gasteiger partial charge < -0.3 is 14.2 Å². The van der Waals surface area contributed by atoms with Crippen molar-refractivity contribution in [1.29, 1.82) is 0 Å². The lowest BCUT2D eigenvalue weighted by molar-refractivity contribution is -0.122. The van der Waals surface area contributed by atoms with Crippen LogP contribution in [-0.4, -0.2) is 29.6 Å². The standard InChI is InChI=1S/C21H18N2O5S/c1-12(24)14-4-3-5-16(8-14)28-13(2)20(25)23-21-22-17(10-29-21)15-6-7-18-19(9-15)27-11-26-18/h3-10,13H,11H2,1-2H3,(H,22,23,25). The Morgan fingerprint density at radius 3 is 2.83 bits per heavy atom. The normalized spacial score (nSPS) is 13.0. The largest absolute Gasteiger partial charge is 0.481 e. The number of hydrogen-bond acceptors (Lipinski definition) is 7. The molecule has 1 aromatic heterocycles. The summed E-state index contributed by atoms with van der Waals surface area (Å²) in [4.78, 5) is 28.4. The topological polar surface area (TPSA) is 86.8 Å². The number of thiazole rings is 1. The molecule has 2 heterocycles. The molecule has 0 fully saturated rings. The van der Waals surface area contributed by atoms with Crippen molar-refractivity contribution in [2.45, 2.75) is 20.0 Å². The molecular formula is C21H18N2O5S. The third kappa shape index (κ3) is 4.22. The van der Waals surface area contributed by atoms with Gasteiger partial charge in [-0.2, -0.15) is 0 Å². The van der Waals surface area contributed by atoms with E-state index in [0.717, 1.165) is 11.3 Å². The predicted octanol–water partition coefficient (Wildman–Crippen LogP) is 4.15. The van der Waals surface area contributed by atoms with Gasteiger partial charge in [0.15, 0.2) is 28.5 Å². The van der Waals surface area contributed by atoms with Gasteiger partial charge in [-0.15, -0.1) is 11.3 Å². The minimum absolute atomic E-state index is 0.0635. The van der Waals surface area contributed by atoms with Crippen molar-refractivity contribution in [2.75, 3.05) is 12.1 Å². The highest BCUT2D eigenvalue weighted by Gasteiger charge is 2.18. The van der Waals surface area contributed by atoms with E-state index in [1.54, 1.807) is 31.2 Å². The minimum Gasteiger partial charge on any atom is -0.481 e. The number of benzene rings is 2. The van der Waals surface area contributed by atoms with Crippen LogP contribution in [0.3, 0.4) is 0 Å². The molecule has 0 aliphatic carbocycles. The maximum absolute atomic E-state index is 12.5. The van der Waals surface area contributed by atoms with Crippen molar-refractivity contribution in [1.82, 2.24) is 4.98 Å². The van der Waals surface area contributed by atoms with E-state index in [1.807, 2.05) is 23.6 Å². The number of carbonyl (C=O) groups excluding carboxylic acids is 2. The van der Waals surface area contributed by atoms with Crippen LogP contribution in [0.4, 0.5) is 5.13 Å². The lowest BCUT2D eigenvalue weighted by Crippen LogP contribution is -2.30. The fourth-order valence-electron chi connectivity index (χ4n) is 2.77. The highest BCUT2D eigenvalue weighted by atomic mass is 32.1.